The molecule has 0 spiro atoms. The van der Waals surface area contributed by atoms with Gasteiger partial charge in [0.2, 0.25) is 5.43 Å². The van der Waals surface area contributed by atoms with Crippen molar-refractivity contribution in [3.8, 4) is 5.69 Å². The van der Waals surface area contributed by atoms with E-state index in [0.29, 0.717) is 17.3 Å². The normalized spacial score (nSPS) is 10.6. The van der Waals surface area contributed by atoms with E-state index in [0.717, 1.165) is 11.3 Å². The van der Waals surface area contributed by atoms with Gasteiger partial charge in [0.25, 0.3) is 5.91 Å². The van der Waals surface area contributed by atoms with Gasteiger partial charge in [0.1, 0.15) is 0 Å². The minimum atomic E-state index is -0.422. The minimum absolute atomic E-state index is 0.101. The van der Waals surface area contributed by atoms with Crippen molar-refractivity contribution < 1.29 is 4.79 Å². The maximum Gasteiger partial charge on any atom is 0.278 e. The number of aryl methyl sites for hydroxylation is 1. The van der Waals surface area contributed by atoms with Crippen LogP contribution in [-0.2, 0) is 6.54 Å². The summed E-state index contributed by atoms with van der Waals surface area (Å²) in [4.78, 5) is 26.6. The van der Waals surface area contributed by atoms with Crippen molar-refractivity contribution in [1.82, 2.24) is 14.7 Å². The molecule has 3 rings (SSSR count). The Hall–Kier alpha value is -2.92. The zero-order valence-electron chi connectivity index (χ0n) is 14.5. The molecule has 0 unspecified atom stereocenters. The van der Waals surface area contributed by atoms with E-state index in [9.17, 15) is 9.59 Å². The lowest BCUT2D eigenvalue weighted by Crippen LogP contribution is -2.33. The summed E-state index contributed by atoms with van der Waals surface area (Å²) in [5.74, 6) is -0.422. The molecule has 0 aliphatic heterocycles. The maximum atomic E-state index is 12.8. The van der Waals surface area contributed by atoms with Gasteiger partial charge < -0.3 is 4.90 Å². The fraction of sp³-hybridized carbons (Fsp3) is 0.150. The Kier molecular flexibility index (Phi) is 5.19. The molecule has 0 fully saturated rings. The van der Waals surface area contributed by atoms with E-state index >= 15 is 0 Å². The SMILES string of the molecule is Cc1cc(=O)c(C(=O)N(C)Cc2ccc(Cl)cc2)nn1-c1ccccc1. The molecule has 3 aromatic rings. The van der Waals surface area contributed by atoms with Gasteiger partial charge in [-0.25, -0.2) is 4.68 Å². The number of nitrogens with zero attached hydrogens (tertiary/aromatic N) is 3. The van der Waals surface area contributed by atoms with E-state index < -0.39 is 5.91 Å². The predicted molar refractivity (Wildman–Crippen MR) is 102 cm³/mol. The van der Waals surface area contributed by atoms with Crippen molar-refractivity contribution in [2.45, 2.75) is 13.5 Å². The van der Waals surface area contributed by atoms with Crippen molar-refractivity contribution in [1.29, 1.82) is 0 Å². The molecule has 26 heavy (non-hydrogen) atoms. The van der Waals surface area contributed by atoms with Crippen LogP contribution in [0.5, 0.6) is 0 Å². The van der Waals surface area contributed by atoms with Gasteiger partial charge in [0, 0.05) is 30.4 Å². The van der Waals surface area contributed by atoms with Crippen LogP contribution in [0.15, 0.2) is 65.5 Å². The number of amides is 1. The number of hydrogen-bond donors (Lipinski definition) is 0. The standard InChI is InChI=1S/C20H18ClN3O2/c1-14-12-18(25)19(22-24(14)17-6-4-3-5-7-17)20(26)23(2)13-15-8-10-16(21)11-9-15/h3-12H,13H2,1-2H3. The number of benzene rings is 2. The summed E-state index contributed by atoms with van der Waals surface area (Å²) >= 11 is 5.88. The number of carbonyl (C=O) groups is 1. The number of halogens is 1. The Labute approximate surface area is 156 Å². The van der Waals surface area contributed by atoms with E-state index in [1.807, 2.05) is 42.5 Å². The highest BCUT2D eigenvalue weighted by Gasteiger charge is 2.19. The average molecular weight is 368 g/mol. The van der Waals surface area contributed by atoms with Crippen LogP contribution in [0.1, 0.15) is 21.7 Å². The molecule has 0 aliphatic rings. The van der Waals surface area contributed by atoms with E-state index in [-0.39, 0.29) is 11.1 Å². The van der Waals surface area contributed by atoms with Crippen LogP contribution < -0.4 is 5.43 Å². The van der Waals surface area contributed by atoms with Gasteiger partial charge in [0.05, 0.1) is 5.69 Å². The average Bonchev–Trinajstić information content (AvgIpc) is 2.64. The second-order valence-corrected chi connectivity index (χ2v) is 6.47. The van der Waals surface area contributed by atoms with E-state index in [1.54, 1.807) is 30.8 Å². The zero-order chi connectivity index (χ0) is 18.7. The Morgan fingerprint density at radius 2 is 1.77 bits per heavy atom. The Balaban J connectivity index is 1.91. The third-order valence-corrected chi connectivity index (χ3v) is 4.24. The van der Waals surface area contributed by atoms with Gasteiger partial charge in [0.15, 0.2) is 5.69 Å². The molecule has 0 saturated heterocycles. The van der Waals surface area contributed by atoms with Crippen molar-refractivity contribution >= 4 is 17.5 Å². The highest BCUT2D eigenvalue weighted by Crippen LogP contribution is 2.12. The molecular weight excluding hydrogens is 350 g/mol. The molecule has 0 saturated carbocycles. The lowest BCUT2D eigenvalue weighted by molar-refractivity contribution is 0.0776. The molecular formula is C20H18ClN3O2. The summed E-state index contributed by atoms with van der Waals surface area (Å²) in [6.07, 6.45) is 0. The first kappa shape index (κ1) is 17.9. The van der Waals surface area contributed by atoms with Crippen LogP contribution in [-0.4, -0.2) is 27.6 Å². The first-order valence-electron chi connectivity index (χ1n) is 8.12. The molecule has 0 aliphatic carbocycles. The van der Waals surface area contributed by atoms with Crippen molar-refractivity contribution in [2.75, 3.05) is 7.05 Å². The van der Waals surface area contributed by atoms with Gasteiger partial charge >= 0.3 is 0 Å². The van der Waals surface area contributed by atoms with Crippen LogP contribution in [0, 0.1) is 6.92 Å². The molecule has 0 N–H and O–H groups in total. The van der Waals surface area contributed by atoms with E-state index in [1.165, 1.54) is 11.0 Å². The lowest BCUT2D eigenvalue weighted by Gasteiger charge is -2.18. The molecule has 0 bridgehead atoms. The molecule has 2 aromatic carbocycles. The van der Waals surface area contributed by atoms with Crippen LogP contribution in [0.2, 0.25) is 5.02 Å². The summed E-state index contributed by atoms with van der Waals surface area (Å²) in [6, 6.07) is 18.0. The van der Waals surface area contributed by atoms with Crippen LogP contribution in [0.25, 0.3) is 5.69 Å². The first-order chi connectivity index (χ1) is 12.5. The Morgan fingerprint density at radius 1 is 1.12 bits per heavy atom. The van der Waals surface area contributed by atoms with Crippen molar-refractivity contribution in [2.24, 2.45) is 0 Å². The third kappa shape index (κ3) is 3.83. The van der Waals surface area contributed by atoms with Gasteiger partial charge in [-0.05, 0) is 36.8 Å². The second kappa shape index (κ2) is 7.54. The number of rotatable bonds is 4. The highest BCUT2D eigenvalue weighted by atomic mass is 35.5. The fourth-order valence-corrected chi connectivity index (χ4v) is 2.77. The summed E-state index contributed by atoms with van der Waals surface area (Å²) in [5, 5.41) is 4.94. The molecule has 1 aromatic heterocycles. The smallest absolute Gasteiger partial charge is 0.278 e. The van der Waals surface area contributed by atoms with Crippen LogP contribution >= 0.6 is 11.6 Å². The quantitative estimate of drug-likeness (QED) is 0.709. The molecule has 1 heterocycles. The molecule has 132 valence electrons. The monoisotopic (exact) mass is 367 g/mol. The van der Waals surface area contributed by atoms with E-state index in [4.69, 9.17) is 11.6 Å². The number of para-hydroxylation sites is 1. The van der Waals surface area contributed by atoms with Crippen molar-refractivity contribution in [3.05, 3.63) is 92.9 Å². The van der Waals surface area contributed by atoms with Crippen molar-refractivity contribution in [3.63, 3.8) is 0 Å². The summed E-state index contributed by atoms with van der Waals surface area (Å²) in [6.45, 7) is 2.14. The summed E-state index contributed by atoms with van der Waals surface area (Å²) < 4.78 is 1.60. The largest absolute Gasteiger partial charge is 0.336 e. The minimum Gasteiger partial charge on any atom is -0.336 e. The van der Waals surface area contributed by atoms with E-state index in [2.05, 4.69) is 5.10 Å². The van der Waals surface area contributed by atoms with Gasteiger partial charge in [-0.15, -0.1) is 0 Å². The first-order valence-corrected chi connectivity index (χ1v) is 8.50. The maximum absolute atomic E-state index is 12.8. The van der Waals surface area contributed by atoms with Gasteiger partial charge in [-0.3, -0.25) is 9.59 Å². The summed E-state index contributed by atoms with van der Waals surface area (Å²) in [7, 11) is 1.64. The lowest BCUT2D eigenvalue weighted by atomic mass is 10.2. The molecule has 6 heteroatoms. The highest BCUT2D eigenvalue weighted by molar-refractivity contribution is 6.30. The number of hydrogen-bond acceptors (Lipinski definition) is 3. The molecule has 5 nitrogen and oxygen atoms in total. The number of carbonyl (C=O) groups excluding carboxylic acids is 1. The number of aromatic nitrogens is 2. The Morgan fingerprint density at radius 3 is 2.42 bits per heavy atom. The molecule has 1 amide bonds. The van der Waals surface area contributed by atoms with Crippen LogP contribution in [0.4, 0.5) is 0 Å². The van der Waals surface area contributed by atoms with Gasteiger partial charge in [-0.2, -0.15) is 5.10 Å². The Bertz CT molecular complexity index is 982. The van der Waals surface area contributed by atoms with Crippen LogP contribution in [0.3, 0.4) is 0 Å². The summed E-state index contributed by atoms with van der Waals surface area (Å²) in [5.41, 5.74) is 1.89. The topological polar surface area (TPSA) is 55.2 Å². The third-order valence-electron chi connectivity index (χ3n) is 3.99. The fourth-order valence-electron chi connectivity index (χ4n) is 2.64. The molecule has 0 radical (unpaired) electrons. The van der Waals surface area contributed by atoms with Gasteiger partial charge in [-0.1, -0.05) is 41.9 Å². The molecule has 0 atom stereocenters. The predicted octanol–water partition coefficient (Wildman–Crippen LogP) is 3.47. The second-order valence-electron chi connectivity index (χ2n) is 6.03. The zero-order valence-corrected chi connectivity index (χ0v) is 15.3.